The van der Waals surface area contributed by atoms with E-state index in [1.54, 1.807) is 24.3 Å². The molecule has 4 rings (SSSR count). The zero-order chi connectivity index (χ0) is 19.5. The van der Waals surface area contributed by atoms with E-state index >= 15 is 0 Å². The highest BCUT2D eigenvalue weighted by atomic mass is 16.5. The molecule has 0 saturated carbocycles. The number of para-hydroxylation sites is 1. The molecule has 0 fully saturated rings. The van der Waals surface area contributed by atoms with Crippen LogP contribution in [-0.4, -0.2) is 27.0 Å². The first kappa shape index (κ1) is 17.5. The van der Waals surface area contributed by atoms with Gasteiger partial charge in [-0.2, -0.15) is 5.10 Å². The molecule has 28 heavy (non-hydrogen) atoms. The van der Waals surface area contributed by atoms with Gasteiger partial charge >= 0.3 is 5.69 Å². The van der Waals surface area contributed by atoms with Crippen LogP contribution in [0.15, 0.2) is 81.6 Å². The molecule has 1 N–H and O–H groups in total. The minimum absolute atomic E-state index is 0.404. The Kier molecular flexibility index (Phi) is 4.63. The molecule has 0 unspecified atom stereocenters. The Morgan fingerprint density at radius 2 is 1.82 bits per heavy atom. The average Bonchev–Trinajstić information content (AvgIpc) is 3.17. The van der Waals surface area contributed by atoms with Crippen molar-refractivity contribution in [2.45, 2.75) is 6.92 Å². The number of aromatic nitrogens is 3. The molecule has 2 heterocycles. The van der Waals surface area contributed by atoms with Crippen molar-refractivity contribution in [3.8, 4) is 11.4 Å². The fourth-order valence-electron chi connectivity index (χ4n) is 2.98. The maximum absolute atomic E-state index is 12.6. The summed E-state index contributed by atoms with van der Waals surface area (Å²) in [5.74, 6) is 0.794. The number of nitrogens with one attached hydrogen (secondary N) is 1. The van der Waals surface area contributed by atoms with Crippen molar-refractivity contribution >= 4 is 17.1 Å². The molecule has 0 radical (unpaired) electrons. The first-order valence-corrected chi connectivity index (χ1v) is 8.86. The van der Waals surface area contributed by atoms with Crippen molar-refractivity contribution in [3.05, 3.63) is 93.4 Å². The summed E-state index contributed by atoms with van der Waals surface area (Å²) in [5.41, 5.74) is 1.08. The van der Waals surface area contributed by atoms with Gasteiger partial charge in [0, 0.05) is 11.9 Å². The fourth-order valence-corrected chi connectivity index (χ4v) is 2.98. The minimum atomic E-state index is -0.584. The molecule has 140 valence electrons. The third kappa shape index (κ3) is 3.25. The Morgan fingerprint density at radius 3 is 2.61 bits per heavy atom. The second-order valence-electron chi connectivity index (χ2n) is 6.07. The van der Waals surface area contributed by atoms with Crippen LogP contribution in [0, 0.1) is 0 Å². The van der Waals surface area contributed by atoms with Gasteiger partial charge in [-0.05, 0) is 55.5 Å². The van der Waals surface area contributed by atoms with Crippen molar-refractivity contribution in [2.24, 2.45) is 5.10 Å². The Hall–Kier alpha value is -3.87. The molecule has 0 spiro atoms. The standard InChI is InChI=1S/C21H18N4O3/c1-2-28-17-11-9-15(10-12-17)24-13-5-6-16(24)14-22-25-20(26)18-7-3-4-8-19(18)23-21(25)27/h3-14H,2H2,1H3,(H,23,27). The Labute approximate surface area is 160 Å². The minimum Gasteiger partial charge on any atom is -0.494 e. The number of aromatic amines is 1. The lowest BCUT2D eigenvalue weighted by Crippen LogP contribution is -2.32. The summed E-state index contributed by atoms with van der Waals surface area (Å²) in [6.07, 6.45) is 3.37. The van der Waals surface area contributed by atoms with Gasteiger partial charge < -0.3 is 14.3 Å². The monoisotopic (exact) mass is 374 g/mol. The van der Waals surface area contributed by atoms with Crippen molar-refractivity contribution in [3.63, 3.8) is 0 Å². The Morgan fingerprint density at radius 1 is 1.04 bits per heavy atom. The van der Waals surface area contributed by atoms with E-state index in [2.05, 4.69) is 10.1 Å². The van der Waals surface area contributed by atoms with Crippen LogP contribution < -0.4 is 16.0 Å². The van der Waals surface area contributed by atoms with Crippen LogP contribution >= 0.6 is 0 Å². The molecule has 4 aromatic rings. The molecule has 7 nitrogen and oxygen atoms in total. The van der Waals surface area contributed by atoms with Crippen LogP contribution in [0.25, 0.3) is 16.6 Å². The first-order valence-electron chi connectivity index (χ1n) is 8.86. The van der Waals surface area contributed by atoms with Gasteiger partial charge in [0.15, 0.2) is 0 Å². The molecular weight excluding hydrogens is 356 g/mol. The molecular formula is C21H18N4O3. The third-order valence-corrected chi connectivity index (χ3v) is 4.30. The number of ether oxygens (including phenoxy) is 1. The molecule has 2 aromatic heterocycles. The van der Waals surface area contributed by atoms with Gasteiger partial charge in [-0.3, -0.25) is 4.79 Å². The van der Waals surface area contributed by atoms with E-state index in [9.17, 15) is 9.59 Å². The lowest BCUT2D eigenvalue weighted by atomic mass is 10.2. The summed E-state index contributed by atoms with van der Waals surface area (Å²) in [6, 6.07) is 18.2. The van der Waals surface area contributed by atoms with Gasteiger partial charge in [-0.15, -0.1) is 4.68 Å². The van der Waals surface area contributed by atoms with Gasteiger partial charge in [-0.1, -0.05) is 12.1 Å². The number of H-pyrrole nitrogens is 1. The molecule has 0 atom stereocenters. The molecule has 7 heteroatoms. The van der Waals surface area contributed by atoms with Crippen LogP contribution in [0.3, 0.4) is 0 Å². The summed E-state index contributed by atoms with van der Waals surface area (Å²) in [5, 5.41) is 4.52. The maximum Gasteiger partial charge on any atom is 0.349 e. The fraction of sp³-hybridized carbons (Fsp3) is 0.0952. The summed E-state index contributed by atoms with van der Waals surface area (Å²) >= 11 is 0. The number of nitrogens with zero attached hydrogens (tertiary/aromatic N) is 3. The zero-order valence-electron chi connectivity index (χ0n) is 15.2. The van der Waals surface area contributed by atoms with Gasteiger partial charge in [0.2, 0.25) is 0 Å². The van der Waals surface area contributed by atoms with E-state index in [-0.39, 0.29) is 0 Å². The molecule has 0 aliphatic carbocycles. The third-order valence-electron chi connectivity index (χ3n) is 4.30. The highest BCUT2D eigenvalue weighted by molar-refractivity contribution is 5.79. The van der Waals surface area contributed by atoms with E-state index < -0.39 is 11.2 Å². The largest absolute Gasteiger partial charge is 0.494 e. The van der Waals surface area contributed by atoms with E-state index in [1.807, 2.05) is 54.1 Å². The Bertz CT molecular complexity index is 1260. The van der Waals surface area contributed by atoms with Crippen LogP contribution in [0.1, 0.15) is 12.6 Å². The van der Waals surface area contributed by atoms with Gasteiger partial charge in [0.05, 0.1) is 29.4 Å². The van der Waals surface area contributed by atoms with E-state index in [0.717, 1.165) is 21.8 Å². The predicted octanol–water partition coefficient (Wildman–Crippen LogP) is 2.76. The lowest BCUT2D eigenvalue weighted by molar-refractivity contribution is 0.340. The van der Waals surface area contributed by atoms with E-state index in [1.165, 1.54) is 6.21 Å². The quantitative estimate of drug-likeness (QED) is 0.546. The van der Waals surface area contributed by atoms with Crippen molar-refractivity contribution in [2.75, 3.05) is 6.61 Å². The molecule has 2 aromatic carbocycles. The van der Waals surface area contributed by atoms with Gasteiger partial charge in [-0.25, -0.2) is 4.79 Å². The smallest absolute Gasteiger partial charge is 0.349 e. The number of hydrogen-bond donors (Lipinski definition) is 1. The van der Waals surface area contributed by atoms with Crippen molar-refractivity contribution in [1.29, 1.82) is 0 Å². The normalized spacial score (nSPS) is 11.3. The summed E-state index contributed by atoms with van der Waals surface area (Å²) in [7, 11) is 0. The summed E-state index contributed by atoms with van der Waals surface area (Å²) in [6.45, 7) is 2.54. The number of hydrogen-bond acceptors (Lipinski definition) is 4. The molecule has 0 amide bonds. The van der Waals surface area contributed by atoms with Crippen LogP contribution in [-0.2, 0) is 0 Å². The highest BCUT2D eigenvalue weighted by Gasteiger charge is 2.07. The molecule has 0 aliphatic rings. The molecule has 0 saturated heterocycles. The average molecular weight is 374 g/mol. The van der Waals surface area contributed by atoms with Gasteiger partial charge in [0.1, 0.15) is 5.75 Å². The highest BCUT2D eigenvalue weighted by Crippen LogP contribution is 2.17. The first-order chi connectivity index (χ1) is 13.7. The molecule has 0 aliphatic heterocycles. The topological polar surface area (TPSA) is 81.4 Å². The predicted molar refractivity (Wildman–Crippen MR) is 109 cm³/mol. The number of fused-ring (bicyclic) bond motifs is 1. The Balaban J connectivity index is 1.71. The van der Waals surface area contributed by atoms with Crippen molar-refractivity contribution < 1.29 is 4.74 Å². The number of rotatable bonds is 5. The van der Waals surface area contributed by atoms with Gasteiger partial charge in [0.25, 0.3) is 5.56 Å². The van der Waals surface area contributed by atoms with Crippen molar-refractivity contribution in [1.82, 2.24) is 14.2 Å². The molecule has 0 bridgehead atoms. The SMILES string of the molecule is CCOc1ccc(-n2cccc2C=Nn2c(=O)[nH]c3ccccc3c2=O)cc1. The number of benzene rings is 2. The van der Waals surface area contributed by atoms with Crippen LogP contribution in [0.5, 0.6) is 5.75 Å². The van der Waals surface area contributed by atoms with E-state index in [4.69, 9.17) is 4.74 Å². The zero-order valence-corrected chi connectivity index (χ0v) is 15.2. The lowest BCUT2D eigenvalue weighted by Gasteiger charge is -2.08. The summed E-state index contributed by atoms with van der Waals surface area (Å²) in [4.78, 5) is 27.5. The second-order valence-corrected chi connectivity index (χ2v) is 6.07. The second kappa shape index (κ2) is 7.40. The summed E-state index contributed by atoms with van der Waals surface area (Å²) < 4.78 is 8.20. The van der Waals surface area contributed by atoms with Crippen LogP contribution in [0.4, 0.5) is 0 Å². The van der Waals surface area contributed by atoms with Crippen LogP contribution in [0.2, 0.25) is 0 Å². The van der Waals surface area contributed by atoms with E-state index in [0.29, 0.717) is 17.5 Å². The maximum atomic E-state index is 12.6.